The van der Waals surface area contributed by atoms with Gasteiger partial charge >= 0.3 is 12.1 Å². The molecule has 0 aliphatic rings. The molecule has 5 nitrogen and oxygen atoms in total. The van der Waals surface area contributed by atoms with Crippen molar-refractivity contribution in [2.75, 3.05) is 0 Å². The Hall–Kier alpha value is -3.07. The molecule has 0 saturated carbocycles. The van der Waals surface area contributed by atoms with E-state index in [1.807, 2.05) is 6.92 Å². The van der Waals surface area contributed by atoms with Gasteiger partial charge in [0.2, 0.25) is 0 Å². The van der Waals surface area contributed by atoms with Gasteiger partial charge in [-0.2, -0.15) is 13.2 Å². The number of phenols is 1. The number of aryl methyl sites for hydroxylation is 2. The second-order valence-electron chi connectivity index (χ2n) is 7.66. The van der Waals surface area contributed by atoms with Crippen molar-refractivity contribution in [3.63, 3.8) is 0 Å². The zero-order chi connectivity index (χ0) is 24.3. The predicted molar refractivity (Wildman–Crippen MR) is 119 cm³/mol. The standard InChI is InChI=1S/C24H23F3O5S/c1-3-4-16-17-7-5-14(24(25,26)27)11-22(17)33-21(16)10-9-19(28)18-8-6-15(12-20(18)29)32-13(2)23(30)31/h5-8,11-13,29H,3-4,9-10H2,1-2H3,(H,30,31). The molecule has 3 rings (SSSR count). The number of phenolic OH excluding ortho intramolecular Hbond substituents is 1. The lowest BCUT2D eigenvalue weighted by Crippen LogP contribution is -2.22. The second-order valence-corrected chi connectivity index (χ2v) is 8.80. The molecular formula is C24H23F3O5S. The molecule has 0 aliphatic carbocycles. The van der Waals surface area contributed by atoms with Crippen molar-refractivity contribution in [1.29, 1.82) is 0 Å². The molecule has 0 amide bonds. The molecule has 0 saturated heterocycles. The van der Waals surface area contributed by atoms with E-state index in [2.05, 4.69) is 0 Å². The molecule has 1 aromatic heterocycles. The van der Waals surface area contributed by atoms with E-state index in [0.717, 1.165) is 34.4 Å². The highest BCUT2D eigenvalue weighted by atomic mass is 32.1. The number of hydrogen-bond acceptors (Lipinski definition) is 5. The fourth-order valence-corrected chi connectivity index (χ4v) is 4.83. The number of hydrogen-bond donors (Lipinski definition) is 2. The SMILES string of the molecule is CCCc1c(CCC(=O)c2ccc(OC(C)C(=O)O)cc2O)sc2cc(C(F)(F)F)ccc12. The number of halogens is 3. The first-order chi connectivity index (χ1) is 15.5. The van der Waals surface area contributed by atoms with E-state index in [-0.39, 0.29) is 29.3 Å². The molecule has 0 spiro atoms. The maximum absolute atomic E-state index is 13.1. The van der Waals surface area contributed by atoms with Gasteiger partial charge in [-0.1, -0.05) is 19.4 Å². The highest BCUT2D eigenvalue weighted by Crippen LogP contribution is 2.38. The van der Waals surface area contributed by atoms with E-state index in [1.54, 1.807) is 0 Å². The van der Waals surface area contributed by atoms with Crippen molar-refractivity contribution >= 4 is 33.2 Å². The summed E-state index contributed by atoms with van der Waals surface area (Å²) < 4.78 is 45.0. The van der Waals surface area contributed by atoms with E-state index >= 15 is 0 Å². The molecule has 1 atom stereocenters. The van der Waals surface area contributed by atoms with E-state index in [0.29, 0.717) is 17.5 Å². The average molecular weight is 481 g/mol. The van der Waals surface area contributed by atoms with Gasteiger partial charge in [-0.15, -0.1) is 11.3 Å². The molecule has 0 aliphatic heterocycles. The van der Waals surface area contributed by atoms with Gasteiger partial charge in [0.05, 0.1) is 11.1 Å². The van der Waals surface area contributed by atoms with Gasteiger partial charge in [-0.25, -0.2) is 4.79 Å². The van der Waals surface area contributed by atoms with E-state index < -0.39 is 23.8 Å². The molecular weight excluding hydrogens is 457 g/mol. The molecule has 176 valence electrons. The lowest BCUT2D eigenvalue weighted by molar-refractivity contribution is -0.144. The van der Waals surface area contributed by atoms with E-state index in [1.165, 1.54) is 42.5 Å². The number of ketones is 1. The van der Waals surface area contributed by atoms with Crippen LogP contribution >= 0.6 is 11.3 Å². The normalized spacial score (nSPS) is 12.6. The Morgan fingerprint density at radius 2 is 1.85 bits per heavy atom. The highest BCUT2D eigenvalue weighted by Gasteiger charge is 2.31. The molecule has 1 unspecified atom stereocenters. The minimum atomic E-state index is -4.42. The van der Waals surface area contributed by atoms with Gasteiger partial charge in [0.1, 0.15) is 11.5 Å². The van der Waals surface area contributed by atoms with Gasteiger partial charge < -0.3 is 14.9 Å². The average Bonchev–Trinajstić information content (AvgIpc) is 3.08. The number of fused-ring (bicyclic) bond motifs is 1. The third-order valence-electron chi connectivity index (χ3n) is 5.21. The Morgan fingerprint density at radius 1 is 1.12 bits per heavy atom. The molecule has 2 N–H and O–H groups in total. The lowest BCUT2D eigenvalue weighted by Gasteiger charge is -2.12. The van der Waals surface area contributed by atoms with Gasteiger partial charge in [-0.3, -0.25) is 4.79 Å². The first-order valence-corrected chi connectivity index (χ1v) is 11.2. The Kier molecular flexibility index (Phi) is 7.31. The van der Waals surface area contributed by atoms with E-state index in [4.69, 9.17) is 9.84 Å². The first kappa shape index (κ1) is 24.6. The molecule has 9 heteroatoms. The topological polar surface area (TPSA) is 83.8 Å². The zero-order valence-electron chi connectivity index (χ0n) is 18.0. The van der Waals surface area contributed by atoms with Crippen LogP contribution in [0.25, 0.3) is 10.1 Å². The van der Waals surface area contributed by atoms with Crippen LogP contribution in [0.1, 0.15) is 53.1 Å². The number of carboxylic acids is 1. The second kappa shape index (κ2) is 9.82. The van der Waals surface area contributed by atoms with Crippen LogP contribution in [0, 0.1) is 0 Å². The van der Waals surface area contributed by atoms with Crippen molar-refractivity contribution in [2.45, 2.75) is 51.8 Å². The number of aromatic hydroxyl groups is 1. The van der Waals surface area contributed by atoms with Crippen molar-refractivity contribution in [3.8, 4) is 11.5 Å². The van der Waals surface area contributed by atoms with Crippen LogP contribution in [-0.2, 0) is 23.8 Å². The number of carbonyl (C=O) groups excluding carboxylic acids is 1. The minimum Gasteiger partial charge on any atom is -0.507 e. The number of rotatable bonds is 9. The van der Waals surface area contributed by atoms with Crippen LogP contribution in [0.4, 0.5) is 13.2 Å². The summed E-state index contributed by atoms with van der Waals surface area (Å²) in [5.41, 5.74) is 0.323. The molecule has 0 fully saturated rings. The summed E-state index contributed by atoms with van der Waals surface area (Å²) >= 11 is 1.26. The smallest absolute Gasteiger partial charge is 0.416 e. The number of benzene rings is 2. The summed E-state index contributed by atoms with van der Waals surface area (Å²) in [6.07, 6.45) is -3.64. The number of carboxylic acid groups (broad SMARTS) is 1. The molecule has 2 aromatic carbocycles. The number of ether oxygens (including phenoxy) is 1. The van der Waals surface area contributed by atoms with Crippen LogP contribution < -0.4 is 4.74 Å². The number of carbonyl (C=O) groups is 2. The fourth-order valence-electron chi connectivity index (χ4n) is 3.54. The van der Waals surface area contributed by atoms with Crippen molar-refractivity contribution in [3.05, 3.63) is 58.0 Å². The molecule has 0 bridgehead atoms. The number of aliphatic carboxylic acids is 1. The monoisotopic (exact) mass is 480 g/mol. The maximum atomic E-state index is 13.1. The molecule has 33 heavy (non-hydrogen) atoms. The fraction of sp³-hybridized carbons (Fsp3) is 0.333. The molecule has 3 aromatic rings. The third-order valence-corrected chi connectivity index (χ3v) is 6.47. The van der Waals surface area contributed by atoms with Crippen molar-refractivity contribution < 1.29 is 37.7 Å². The Labute approximate surface area is 192 Å². The lowest BCUT2D eigenvalue weighted by atomic mass is 10.00. The van der Waals surface area contributed by atoms with Crippen LogP contribution in [0.5, 0.6) is 11.5 Å². The highest BCUT2D eigenvalue weighted by molar-refractivity contribution is 7.19. The number of thiophene rings is 1. The van der Waals surface area contributed by atoms with Crippen molar-refractivity contribution in [2.24, 2.45) is 0 Å². The Morgan fingerprint density at radius 3 is 2.45 bits per heavy atom. The predicted octanol–water partition coefficient (Wildman–Crippen LogP) is 6.25. The van der Waals surface area contributed by atoms with Gasteiger partial charge in [0.15, 0.2) is 11.9 Å². The summed E-state index contributed by atoms with van der Waals surface area (Å²) in [5.74, 6) is -1.70. The quantitative estimate of drug-likeness (QED) is 0.354. The Balaban J connectivity index is 1.79. The van der Waals surface area contributed by atoms with Gasteiger partial charge in [0.25, 0.3) is 0 Å². The summed E-state index contributed by atoms with van der Waals surface area (Å²) in [5, 5.41) is 19.9. The van der Waals surface area contributed by atoms with Gasteiger partial charge in [0, 0.05) is 22.1 Å². The van der Waals surface area contributed by atoms with Crippen LogP contribution in [0.3, 0.4) is 0 Å². The summed E-state index contributed by atoms with van der Waals surface area (Å²) in [6.45, 7) is 3.32. The first-order valence-electron chi connectivity index (χ1n) is 10.4. The van der Waals surface area contributed by atoms with E-state index in [9.17, 15) is 27.9 Å². The summed E-state index contributed by atoms with van der Waals surface area (Å²) in [4.78, 5) is 24.5. The van der Waals surface area contributed by atoms with Crippen LogP contribution in [0.15, 0.2) is 36.4 Å². The third kappa shape index (κ3) is 5.65. The number of alkyl halides is 3. The van der Waals surface area contributed by atoms with Crippen molar-refractivity contribution in [1.82, 2.24) is 0 Å². The van der Waals surface area contributed by atoms with Gasteiger partial charge in [-0.05, 0) is 55.0 Å². The summed E-state index contributed by atoms with van der Waals surface area (Å²) in [7, 11) is 0. The number of Topliss-reactive ketones (excluding diaryl/α,β-unsaturated/α-hetero) is 1. The molecule has 1 heterocycles. The summed E-state index contributed by atoms with van der Waals surface area (Å²) in [6, 6.07) is 7.69. The molecule has 0 radical (unpaired) electrons. The maximum Gasteiger partial charge on any atom is 0.416 e. The zero-order valence-corrected chi connectivity index (χ0v) is 18.8. The van der Waals surface area contributed by atoms with Crippen LogP contribution in [-0.4, -0.2) is 28.1 Å². The minimum absolute atomic E-state index is 0.0644. The van der Waals surface area contributed by atoms with Crippen LogP contribution in [0.2, 0.25) is 0 Å². The largest absolute Gasteiger partial charge is 0.507 e. The Bertz CT molecular complexity index is 1180.